The van der Waals surface area contributed by atoms with Gasteiger partial charge in [-0.05, 0) is 27.4 Å². The van der Waals surface area contributed by atoms with Gasteiger partial charge in [-0.15, -0.1) is 0 Å². The molecule has 0 aromatic carbocycles. The summed E-state index contributed by atoms with van der Waals surface area (Å²) in [5, 5.41) is 7.89. The molecule has 0 aromatic heterocycles. The normalized spacial score (nSPS) is 9.00. The van der Waals surface area contributed by atoms with E-state index in [1.165, 1.54) is 14.0 Å². The Balaban J connectivity index is 0. The third-order valence-electron chi connectivity index (χ3n) is 1.70. The van der Waals surface area contributed by atoms with E-state index in [-0.39, 0.29) is 11.5 Å². The van der Waals surface area contributed by atoms with Gasteiger partial charge in [0.05, 0.1) is 7.11 Å². The fourth-order valence-electron chi connectivity index (χ4n) is 0.605. The number of rotatable bonds is 5. The topological polar surface area (TPSA) is 66.8 Å². The average molecular weight is 243 g/mol. The molecule has 0 aliphatic rings. The van der Waals surface area contributed by atoms with Crippen molar-refractivity contribution in [2.24, 2.45) is 0 Å². The van der Waals surface area contributed by atoms with Crippen molar-refractivity contribution in [3.05, 3.63) is 24.3 Å². The van der Waals surface area contributed by atoms with Crippen LogP contribution in [-0.4, -0.2) is 49.7 Å². The first-order valence-electron chi connectivity index (χ1n) is 5.02. The van der Waals surface area contributed by atoms with Crippen molar-refractivity contribution >= 4 is 11.9 Å². The van der Waals surface area contributed by atoms with Crippen LogP contribution in [0, 0.1) is 0 Å². The van der Waals surface area contributed by atoms with Crippen molar-refractivity contribution in [3.63, 3.8) is 0 Å². The highest BCUT2D eigenvalue weighted by Crippen LogP contribution is 2.00. The predicted molar refractivity (Wildman–Crippen MR) is 66.8 cm³/mol. The monoisotopic (exact) mass is 243 g/mol. The number of ether oxygens (including phenoxy) is 1. The van der Waals surface area contributed by atoms with E-state index in [1.54, 1.807) is 0 Å². The molecule has 0 unspecified atom stereocenters. The van der Waals surface area contributed by atoms with Gasteiger partial charge in [-0.2, -0.15) is 0 Å². The highest BCUT2D eigenvalue weighted by atomic mass is 16.5. The van der Waals surface area contributed by atoms with Crippen LogP contribution < -0.4 is 0 Å². The average Bonchev–Trinajstić information content (AvgIpc) is 2.25. The van der Waals surface area contributed by atoms with Crippen LogP contribution in [0.3, 0.4) is 0 Å². The number of esters is 1. The molecule has 0 aromatic rings. The Hall–Kier alpha value is -1.62. The number of carbonyl (C=O) groups is 2. The smallest absolute Gasteiger partial charge is 0.333 e. The highest BCUT2D eigenvalue weighted by Gasteiger charge is 2.05. The van der Waals surface area contributed by atoms with Crippen molar-refractivity contribution in [2.45, 2.75) is 13.3 Å². The summed E-state index contributed by atoms with van der Waals surface area (Å²) in [5.74, 6) is -1.25. The lowest BCUT2D eigenvalue weighted by atomic mass is 10.2. The summed E-state index contributed by atoms with van der Waals surface area (Å²) in [6.07, 6.45) is 0.666. The number of hydrogen-bond donors (Lipinski definition) is 1. The fraction of sp³-hybridized carbons (Fsp3) is 0.500. The second kappa shape index (κ2) is 9.59. The Bertz CT molecular complexity index is 283. The Morgan fingerprint density at radius 3 is 1.94 bits per heavy atom. The van der Waals surface area contributed by atoms with Crippen LogP contribution >= 0.6 is 0 Å². The second-order valence-corrected chi connectivity index (χ2v) is 3.73. The van der Waals surface area contributed by atoms with E-state index in [0.29, 0.717) is 12.0 Å². The largest absolute Gasteiger partial charge is 0.478 e. The first-order valence-corrected chi connectivity index (χ1v) is 5.02. The molecule has 1 N–H and O–H groups in total. The maximum atomic E-state index is 10.8. The lowest BCUT2D eigenvalue weighted by Gasteiger charge is -2.09. The molecule has 0 atom stereocenters. The fourth-order valence-corrected chi connectivity index (χ4v) is 0.605. The number of nitrogens with zero attached hydrogens (tertiary/aromatic N) is 1. The zero-order valence-electron chi connectivity index (χ0n) is 10.9. The van der Waals surface area contributed by atoms with E-state index < -0.39 is 5.97 Å². The molecule has 98 valence electrons. The van der Waals surface area contributed by atoms with E-state index in [4.69, 9.17) is 5.11 Å². The summed E-state index contributed by atoms with van der Waals surface area (Å²) in [6.45, 7) is 9.03. The highest BCUT2D eigenvalue weighted by molar-refractivity contribution is 5.87. The summed E-state index contributed by atoms with van der Waals surface area (Å²) >= 11 is 0. The van der Waals surface area contributed by atoms with Crippen LogP contribution in [0.1, 0.15) is 13.3 Å². The third kappa shape index (κ3) is 12.3. The molecule has 0 rings (SSSR count). The maximum absolute atomic E-state index is 10.8. The van der Waals surface area contributed by atoms with Crippen LogP contribution in [0.25, 0.3) is 0 Å². The van der Waals surface area contributed by atoms with E-state index in [1.807, 2.05) is 19.0 Å². The Morgan fingerprint density at radius 2 is 1.71 bits per heavy atom. The second-order valence-electron chi connectivity index (χ2n) is 3.73. The van der Waals surface area contributed by atoms with Gasteiger partial charge in [0.2, 0.25) is 0 Å². The van der Waals surface area contributed by atoms with Crippen LogP contribution in [0.4, 0.5) is 0 Å². The minimum absolute atomic E-state index is 0.176. The molecule has 0 bridgehead atoms. The van der Waals surface area contributed by atoms with Crippen molar-refractivity contribution in [2.75, 3.05) is 27.7 Å². The number of methoxy groups -OCH3 is 1. The first kappa shape index (κ1) is 17.8. The van der Waals surface area contributed by atoms with Crippen LogP contribution in [0.5, 0.6) is 0 Å². The van der Waals surface area contributed by atoms with Gasteiger partial charge in [0.25, 0.3) is 0 Å². The van der Waals surface area contributed by atoms with Crippen LogP contribution in [0.2, 0.25) is 0 Å². The lowest BCUT2D eigenvalue weighted by molar-refractivity contribution is -0.136. The molecule has 0 heterocycles. The quantitative estimate of drug-likeness (QED) is 0.582. The standard InChI is InChI=1S/C8H15NO2.C4H6O2/c1-7(8(10)11-4)5-6-9(2)3;1-3(2)4(5)6/h1,5-6H2,2-4H3;1H2,2H3,(H,5,6). The van der Waals surface area contributed by atoms with Gasteiger partial charge in [0, 0.05) is 17.7 Å². The SMILES string of the molecule is C=C(C)C(=O)O.C=C(CCN(C)C)C(=O)OC. The van der Waals surface area contributed by atoms with E-state index in [2.05, 4.69) is 17.9 Å². The molecule has 0 aliphatic heterocycles. The van der Waals surface area contributed by atoms with E-state index in [9.17, 15) is 9.59 Å². The molecule has 0 aliphatic carbocycles. The molecule has 0 fully saturated rings. The van der Waals surface area contributed by atoms with E-state index >= 15 is 0 Å². The number of hydrogen-bond acceptors (Lipinski definition) is 4. The summed E-state index contributed by atoms with van der Waals surface area (Å²) in [5.41, 5.74) is 0.705. The van der Waals surface area contributed by atoms with Crippen molar-refractivity contribution < 1.29 is 19.4 Å². The zero-order chi connectivity index (χ0) is 14.0. The summed E-state index contributed by atoms with van der Waals surface area (Å²) in [7, 11) is 5.26. The van der Waals surface area contributed by atoms with Gasteiger partial charge in [0.1, 0.15) is 0 Å². The van der Waals surface area contributed by atoms with Gasteiger partial charge in [-0.25, -0.2) is 9.59 Å². The minimum Gasteiger partial charge on any atom is -0.478 e. The summed E-state index contributed by atoms with van der Waals surface area (Å²) in [4.78, 5) is 22.4. The molecular formula is C12H21NO4. The molecule has 5 nitrogen and oxygen atoms in total. The van der Waals surface area contributed by atoms with Crippen LogP contribution in [0.15, 0.2) is 24.3 Å². The molecule has 0 amide bonds. The van der Waals surface area contributed by atoms with Gasteiger partial charge in [0.15, 0.2) is 0 Å². The minimum atomic E-state index is -0.935. The van der Waals surface area contributed by atoms with Gasteiger partial charge < -0.3 is 14.7 Å². The molecule has 5 heteroatoms. The predicted octanol–water partition coefficient (Wildman–Crippen LogP) is 1.31. The third-order valence-corrected chi connectivity index (χ3v) is 1.70. The Labute approximate surface area is 102 Å². The molecule has 17 heavy (non-hydrogen) atoms. The van der Waals surface area contributed by atoms with E-state index in [0.717, 1.165) is 6.54 Å². The molecule has 0 spiro atoms. The molecule has 0 saturated carbocycles. The Kier molecular flexibility index (Phi) is 10.0. The van der Waals surface area contributed by atoms with Crippen molar-refractivity contribution in [3.8, 4) is 0 Å². The van der Waals surface area contributed by atoms with Crippen molar-refractivity contribution in [1.82, 2.24) is 4.90 Å². The van der Waals surface area contributed by atoms with Crippen molar-refractivity contribution in [1.29, 1.82) is 0 Å². The maximum Gasteiger partial charge on any atom is 0.333 e. The number of aliphatic carboxylic acids is 1. The molecular weight excluding hydrogens is 222 g/mol. The summed E-state index contributed by atoms with van der Waals surface area (Å²) < 4.78 is 4.49. The first-order chi connectivity index (χ1) is 7.72. The van der Waals surface area contributed by atoms with Gasteiger partial charge in [-0.3, -0.25) is 0 Å². The summed E-state index contributed by atoms with van der Waals surface area (Å²) in [6, 6.07) is 0. The van der Waals surface area contributed by atoms with Crippen LogP contribution in [-0.2, 0) is 14.3 Å². The van der Waals surface area contributed by atoms with Gasteiger partial charge >= 0.3 is 11.9 Å². The molecule has 0 radical (unpaired) electrons. The Morgan fingerprint density at radius 1 is 1.29 bits per heavy atom. The number of carbonyl (C=O) groups excluding carboxylic acids is 1. The number of carboxylic acid groups (broad SMARTS) is 1. The van der Waals surface area contributed by atoms with Gasteiger partial charge in [-0.1, -0.05) is 13.2 Å². The lowest BCUT2D eigenvalue weighted by Crippen LogP contribution is -2.16. The molecule has 0 saturated heterocycles. The zero-order valence-corrected chi connectivity index (χ0v) is 10.9. The number of carboxylic acids is 1.